The van der Waals surface area contributed by atoms with E-state index in [1.165, 1.54) is 35.4 Å². The monoisotopic (exact) mass is 463 g/mol. The summed E-state index contributed by atoms with van der Waals surface area (Å²) in [5.74, 6) is 0.134. The molecular weight excluding hydrogens is 434 g/mol. The fourth-order valence-electron chi connectivity index (χ4n) is 4.76. The van der Waals surface area contributed by atoms with Crippen molar-refractivity contribution in [3.8, 4) is 0 Å². The second-order valence-corrected chi connectivity index (χ2v) is 10.5. The molecule has 1 saturated carbocycles. The molecular formula is C26H29N3OS2. The molecule has 4 nitrogen and oxygen atoms in total. The summed E-state index contributed by atoms with van der Waals surface area (Å²) in [4.78, 5) is 25.3. The van der Waals surface area contributed by atoms with Gasteiger partial charge in [-0.1, -0.05) is 73.5 Å². The Morgan fingerprint density at radius 2 is 1.72 bits per heavy atom. The van der Waals surface area contributed by atoms with Gasteiger partial charge in [-0.2, -0.15) is 0 Å². The minimum atomic E-state index is 0.0117. The summed E-state index contributed by atoms with van der Waals surface area (Å²) in [6.07, 6.45) is 5.78. The summed E-state index contributed by atoms with van der Waals surface area (Å²) in [7, 11) is 0. The number of aliphatic imine (C=N–C) groups is 1. The number of rotatable bonds is 4. The first-order valence-electron chi connectivity index (χ1n) is 11.6. The standard InChI is InChI=1S/C26H29N3OS2/c1-3-28-21-16-10-11-17-22(21)31-25(28)23-24(30)29(20-14-8-5-9-15-20)26(32-23)27-18(2)19-12-6-4-7-13-19/h4,6-7,10-13,16-18,20H,3,5,8-9,14-15H2,1-2H3/b25-23-,27-26?. The number of fused-ring (bicyclic) bond motifs is 1. The predicted octanol–water partition coefficient (Wildman–Crippen LogP) is 6.81. The van der Waals surface area contributed by atoms with Crippen LogP contribution in [0.1, 0.15) is 57.6 Å². The van der Waals surface area contributed by atoms with Gasteiger partial charge in [0, 0.05) is 17.5 Å². The summed E-state index contributed by atoms with van der Waals surface area (Å²) in [6.45, 7) is 5.11. The molecule has 32 heavy (non-hydrogen) atoms. The van der Waals surface area contributed by atoms with E-state index in [1.54, 1.807) is 23.5 Å². The van der Waals surface area contributed by atoms with Crippen LogP contribution in [0.5, 0.6) is 0 Å². The molecule has 2 aliphatic heterocycles. The smallest absolute Gasteiger partial charge is 0.269 e. The molecule has 2 aromatic rings. The number of hydrogen-bond donors (Lipinski definition) is 0. The first-order chi connectivity index (χ1) is 15.7. The van der Waals surface area contributed by atoms with Gasteiger partial charge < -0.3 is 4.90 Å². The van der Waals surface area contributed by atoms with Crippen LogP contribution in [0, 0.1) is 0 Å². The highest BCUT2D eigenvalue weighted by molar-refractivity contribution is 8.19. The lowest BCUT2D eigenvalue weighted by Gasteiger charge is -2.30. The first-order valence-corrected chi connectivity index (χ1v) is 13.2. The number of benzene rings is 2. The van der Waals surface area contributed by atoms with Crippen molar-refractivity contribution in [2.24, 2.45) is 4.99 Å². The summed E-state index contributed by atoms with van der Waals surface area (Å²) in [6, 6.07) is 19.1. The molecule has 3 aliphatic rings. The van der Waals surface area contributed by atoms with Gasteiger partial charge in [-0.05, 0) is 56.1 Å². The number of nitrogens with zero attached hydrogens (tertiary/aromatic N) is 3. The fraction of sp³-hybridized carbons (Fsp3) is 0.385. The minimum Gasteiger partial charge on any atom is -0.334 e. The van der Waals surface area contributed by atoms with Gasteiger partial charge >= 0.3 is 0 Å². The van der Waals surface area contributed by atoms with E-state index in [4.69, 9.17) is 4.99 Å². The van der Waals surface area contributed by atoms with Crippen LogP contribution in [-0.4, -0.2) is 28.6 Å². The van der Waals surface area contributed by atoms with Gasteiger partial charge in [-0.15, -0.1) is 0 Å². The van der Waals surface area contributed by atoms with Crippen LogP contribution in [0.4, 0.5) is 5.69 Å². The molecule has 1 atom stereocenters. The lowest BCUT2D eigenvalue weighted by molar-refractivity contribution is -0.124. The molecule has 2 heterocycles. The SMILES string of the molecule is CCN1/C(=C2/SC(=NC(C)c3ccccc3)N(C3CCCCC3)C2=O)Sc2ccccc21. The van der Waals surface area contributed by atoms with E-state index in [1.807, 2.05) is 11.0 Å². The summed E-state index contributed by atoms with van der Waals surface area (Å²) in [5.41, 5.74) is 2.37. The van der Waals surface area contributed by atoms with Crippen molar-refractivity contribution in [1.82, 2.24) is 4.90 Å². The summed E-state index contributed by atoms with van der Waals surface area (Å²) < 4.78 is 0. The summed E-state index contributed by atoms with van der Waals surface area (Å²) in [5, 5.41) is 1.93. The van der Waals surface area contributed by atoms with E-state index in [9.17, 15) is 4.79 Å². The van der Waals surface area contributed by atoms with Gasteiger partial charge in [0.05, 0.1) is 11.7 Å². The zero-order valence-corrected chi connectivity index (χ0v) is 20.3. The first kappa shape index (κ1) is 21.7. The third-order valence-electron chi connectivity index (χ3n) is 6.46. The van der Waals surface area contributed by atoms with Crippen molar-refractivity contribution in [3.63, 3.8) is 0 Å². The van der Waals surface area contributed by atoms with E-state index in [0.717, 1.165) is 34.5 Å². The number of carbonyl (C=O) groups is 1. The van der Waals surface area contributed by atoms with E-state index in [-0.39, 0.29) is 18.0 Å². The molecule has 166 valence electrons. The van der Waals surface area contributed by atoms with Crippen LogP contribution in [0.15, 0.2) is 74.4 Å². The highest BCUT2D eigenvalue weighted by Gasteiger charge is 2.43. The van der Waals surface area contributed by atoms with Crippen LogP contribution in [0.2, 0.25) is 0 Å². The Bertz CT molecular complexity index is 1060. The van der Waals surface area contributed by atoms with E-state index < -0.39 is 0 Å². The quantitative estimate of drug-likeness (QED) is 0.467. The molecule has 1 amide bonds. The van der Waals surface area contributed by atoms with Crippen molar-refractivity contribution in [1.29, 1.82) is 0 Å². The molecule has 1 unspecified atom stereocenters. The molecule has 0 radical (unpaired) electrons. The van der Waals surface area contributed by atoms with Crippen molar-refractivity contribution >= 4 is 40.3 Å². The summed E-state index contributed by atoms with van der Waals surface area (Å²) >= 11 is 3.29. The number of carbonyl (C=O) groups excluding carboxylic acids is 1. The van der Waals surface area contributed by atoms with E-state index in [0.29, 0.717) is 0 Å². The van der Waals surface area contributed by atoms with Crippen molar-refractivity contribution in [3.05, 3.63) is 70.1 Å². The van der Waals surface area contributed by atoms with Gasteiger partial charge in [-0.25, -0.2) is 0 Å². The zero-order chi connectivity index (χ0) is 22.1. The maximum absolute atomic E-state index is 13.9. The number of hydrogen-bond acceptors (Lipinski definition) is 5. The van der Waals surface area contributed by atoms with Crippen LogP contribution < -0.4 is 4.90 Å². The Kier molecular flexibility index (Phi) is 6.33. The van der Waals surface area contributed by atoms with Crippen molar-refractivity contribution < 1.29 is 4.79 Å². The third-order valence-corrected chi connectivity index (χ3v) is 8.83. The molecule has 0 aromatic heterocycles. The molecule has 6 heteroatoms. The van der Waals surface area contributed by atoms with Crippen molar-refractivity contribution in [2.45, 2.75) is 62.9 Å². The molecule has 1 aliphatic carbocycles. The number of anilines is 1. The predicted molar refractivity (Wildman–Crippen MR) is 136 cm³/mol. The lowest BCUT2D eigenvalue weighted by Crippen LogP contribution is -2.41. The normalized spacial score (nSPS) is 23.8. The maximum atomic E-state index is 13.9. The largest absolute Gasteiger partial charge is 0.334 e. The number of para-hydroxylation sites is 1. The Labute approximate surface area is 199 Å². The second kappa shape index (κ2) is 9.36. The van der Waals surface area contributed by atoms with E-state index in [2.05, 4.69) is 67.3 Å². The third kappa shape index (κ3) is 3.99. The molecule has 2 aromatic carbocycles. The zero-order valence-electron chi connectivity index (χ0n) is 18.7. The van der Waals surface area contributed by atoms with Gasteiger partial charge in [-0.3, -0.25) is 14.7 Å². The molecule has 1 saturated heterocycles. The molecule has 0 bridgehead atoms. The Morgan fingerprint density at radius 1 is 1.00 bits per heavy atom. The van der Waals surface area contributed by atoms with Gasteiger partial charge in [0.1, 0.15) is 9.93 Å². The highest BCUT2D eigenvalue weighted by atomic mass is 32.2. The average molecular weight is 464 g/mol. The Morgan fingerprint density at radius 3 is 2.47 bits per heavy atom. The van der Waals surface area contributed by atoms with Crippen LogP contribution in [0.3, 0.4) is 0 Å². The lowest BCUT2D eigenvalue weighted by atomic mass is 9.94. The van der Waals surface area contributed by atoms with Crippen LogP contribution in [-0.2, 0) is 4.79 Å². The van der Waals surface area contributed by atoms with Crippen molar-refractivity contribution in [2.75, 3.05) is 11.4 Å². The van der Waals surface area contributed by atoms with Gasteiger partial charge in [0.25, 0.3) is 5.91 Å². The molecule has 0 spiro atoms. The highest BCUT2D eigenvalue weighted by Crippen LogP contribution is 2.51. The van der Waals surface area contributed by atoms with Gasteiger partial charge in [0.2, 0.25) is 0 Å². The maximum Gasteiger partial charge on any atom is 0.269 e. The van der Waals surface area contributed by atoms with Crippen LogP contribution >= 0.6 is 23.5 Å². The minimum absolute atomic E-state index is 0.0117. The number of amides is 1. The second-order valence-electron chi connectivity index (χ2n) is 8.52. The number of amidine groups is 1. The fourth-order valence-corrected chi connectivity index (χ4v) is 7.27. The topological polar surface area (TPSA) is 35.9 Å². The molecule has 0 N–H and O–H groups in total. The molecule has 2 fully saturated rings. The average Bonchev–Trinajstić information content (AvgIpc) is 3.37. The number of thioether (sulfide) groups is 2. The van der Waals surface area contributed by atoms with Crippen LogP contribution in [0.25, 0.3) is 0 Å². The Balaban J connectivity index is 1.54. The van der Waals surface area contributed by atoms with Gasteiger partial charge in [0.15, 0.2) is 5.17 Å². The Hall–Kier alpha value is -2.18. The van der Waals surface area contributed by atoms with E-state index >= 15 is 0 Å². The molecule has 5 rings (SSSR count).